The molecule has 1 aromatic carbocycles. The van der Waals surface area contributed by atoms with Crippen LogP contribution in [0, 0.1) is 0 Å². The van der Waals surface area contributed by atoms with Gasteiger partial charge in [0.15, 0.2) is 0 Å². The van der Waals surface area contributed by atoms with Crippen LogP contribution in [0.4, 0.5) is 13.2 Å². The molecule has 1 fully saturated rings. The van der Waals surface area contributed by atoms with Crippen molar-refractivity contribution in [1.29, 1.82) is 0 Å². The highest BCUT2D eigenvalue weighted by Gasteiger charge is 2.32. The van der Waals surface area contributed by atoms with Crippen LogP contribution < -0.4 is 5.32 Å². The van der Waals surface area contributed by atoms with E-state index in [9.17, 15) is 18.3 Å². The van der Waals surface area contributed by atoms with E-state index >= 15 is 0 Å². The van der Waals surface area contributed by atoms with Crippen LogP contribution in [0.2, 0.25) is 0 Å². The fourth-order valence-electron chi connectivity index (χ4n) is 3.43. The minimum Gasteiger partial charge on any atom is -0.389 e. The highest BCUT2D eigenvalue weighted by molar-refractivity contribution is 5.77. The van der Waals surface area contributed by atoms with Gasteiger partial charge in [0.05, 0.1) is 28.2 Å². The lowest BCUT2D eigenvalue weighted by Crippen LogP contribution is -2.39. The molecular weight excluding hydrogens is 319 g/mol. The number of benzene rings is 1. The third kappa shape index (κ3) is 3.28. The molecule has 1 aromatic heterocycles. The predicted octanol–water partition coefficient (Wildman–Crippen LogP) is 3.55. The molecular formula is C17H22F3N3O. The Morgan fingerprint density at radius 2 is 2.00 bits per heavy atom. The van der Waals surface area contributed by atoms with Crippen molar-refractivity contribution in [3.05, 3.63) is 29.6 Å². The SMILES string of the molecule is CC(NCC1(O)CCCC1)c1nc2cc(C(F)(F)F)ccc2n1C. The van der Waals surface area contributed by atoms with Gasteiger partial charge in [-0.1, -0.05) is 12.8 Å². The molecule has 24 heavy (non-hydrogen) atoms. The molecule has 1 aliphatic rings. The van der Waals surface area contributed by atoms with Gasteiger partial charge in [-0.05, 0) is 38.0 Å². The van der Waals surface area contributed by atoms with E-state index in [1.54, 1.807) is 11.6 Å². The quantitative estimate of drug-likeness (QED) is 0.894. The third-order valence-corrected chi connectivity index (χ3v) is 4.90. The Labute approximate surface area is 138 Å². The van der Waals surface area contributed by atoms with Crippen LogP contribution in [0.25, 0.3) is 11.0 Å². The Balaban J connectivity index is 1.82. The molecule has 1 unspecified atom stereocenters. The Morgan fingerprint density at radius 3 is 2.62 bits per heavy atom. The minimum atomic E-state index is -4.37. The van der Waals surface area contributed by atoms with Gasteiger partial charge in [0, 0.05) is 13.6 Å². The molecule has 1 aliphatic carbocycles. The summed E-state index contributed by atoms with van der Waals surface area (Å²) in [4.78, 5) is 4.37. The Bertz CT molecular complexity index is 732. The average Bonchev–Trinajstić information content (AvgIpc) is 3.09. The van der Waals surface area contributed by atoms with Gasteiger partial charge in [-0.15, -0.1) is 0 Å². The molecule has 0 aliphatic heterocycles. The number of aryl methyl sites for hydroxylation is 1. The molecule has 0 radical (unpaired) electrons. The van der Waals surface area contributed by atoms with E-state index < -0.39 is 17.3 Å². The Morgan fingerprint density at radius 1 is 1.33 bits per heavy atom. The first-order valence-electron chi connectivity index (χ1n) is 8.19. The fraction of sp³-hybridized carbons (Fsp3) is 0.588. The van der Waals surface area contributed by atoms with Crippen LogP contribution in [-0.2, 0) is 13.2 Å². The number of rotatable bonds is 4. The van der Waals surface area contributed by atoms with Crippen LogP contribution in [0.3, 0.4) is 0 Å². The molecule has 0 amide bonds. The van der Waals surface area contributed by atoms with Gasteiger partial charge < -0.3 is 15.0 Å². The standard InChI is InChI=1S/C17H22F3N3O/c1-11(21-10-16(24)7-3-4-8-16)15-22-13-9-12(17(18,19)20)5-6-14(13)23(15)2/h5-6,9,11,21,24H,3-4,7-8,10H2,1-2H3. The van der Waals surface area contributed by atoms with E-state index in [0.717, 1.165) is 37.8 Å². The van der Waals surface area contributed by atoms with Gasteiger partial charge >= 0.3 is 6.18 Å². The maximum atomic E-state index is 12.8. The lowest BCUT2D eigenvalue weighted by atomic mass is 10.0. The molecule has 0 spiro atoms. The van der Waals surface area contributed by atoms with Gasteiger partial charge in [-0.3, -0.25) is 0 Å². The first-order chi connectivity index (χ1) is 11.2. The monoisotopic (exact) mass is 341 g/mol. The van der Waals surface area contributed by atoms with E-state index in [-0.39, 0.29) is 6.04 Å². The molecule has 1 atom stereocenters. The number of aromatic nitrogens is 2. The maximum Gasteiger partial charge on any atom is 0.416 e. The van der Waals surface area contributed by atoms with Crippen molar-refractivity contribution in [3.8, 4) is 0 Å². The number of nitrogens with zero attached hydrogens (tertiary/aromatic N) is 2. The van der Waals surface area contributed by atoms with Gasteiger partial charge in [0.25, 0.3) is 0 Å². The lowest BCUT2D eigenvalue weighted by molar-refractivity contribution is -0.137. The van der Waals surface area contributed by atoms with E-state index in [0.29, 0.717) is 23.4 Å². The number of imidazole rings is 1. The second-order valence-corrected chi connectivity index (χ2v) is 6.76. The largest absolute Gasteiger partial charge is 0.416 e. The van der Waals surface area contributed by atoms with E-state index in [4.69, 9.17) is 0 Å². The van der Waals surface area contributed by atoms with E-state index in [1.807, 2.05) is 6.92 Å². The van der Waals surface area contributed by atoms with Gasteiger partial charge in [-0.25, -0.2) is 4.98 Å². The summed E-state index contributed by atoms with van der Waals surface area (Å²) in [5.74, 6) is 0.658. The molecule has 3 rings (SSSR count). The van der Waals surface area contributed by atoms with Crippen molar-refractivity contribution < 1.29 is 18.3 Å². The Kier molecular flexibility index (Phi) is 4.34. The van der Waals surface area contributed by atoms with Gasteiger partial charge in [-0.2, -0.15) is 13.2 Å². The van der Waals surface area contributed by atoms with E-state index in [1.165, 1.54) is 6.07 Å². The zero-order valence-corrected chi connectivity index (χ0v) is 13.8. The first-order valence-corrected chi connectivity index (χ1v) is 8.19. The van der Waals surface area contributed by atoms with Crippen molar-refractivity contribution in [2.75, 3.05) is 6.54 Å². The highest BCUT2D eigenvalue weighted by atomic mass is 19.4. The number of alkyl halides is 3. The molecule has 2 N–H and O–H groups in total. The number of hydrogen-bond acceptors (Lipinski definition) is 3. The smallest absolute Gasteiger partial charge is 0.389 e. The van der Waals surface area contributed by atoms with Gasteiger partial charge in [0.2, 0.25) is 0 Å². The van der Waals surface area contributed by atoms with Crippen LogP contribution in [0.15, 0.2) is 18.2 Å². The Hall–Kier alpha value is -1.60. The summed E-state index contributed by atoms with van der Waals surface area (Å²) in [5, 5.41) is 13.7. The summed E-state index contributed by atoms with van der Waals surface area (Å²) in [6, 6.07) is 3.44. The van der Waals surface area contributed by atoms with Crippen molar-refractivity contribution >= 4 is 11.0 Å². The number of hydrogen-bond donors (Lipinski definition) is 2. The van der Waals surface area contributed by atoms with Crippen molar-refractivity contribution in [3.63, 3.8) is 0 Å². The van der Waals surface area contributed by atoms with Crippen LogP contribution in [-0.4, -0.2) is 26.8 Å². The van der Waals surface area contributed by atoms with Crippen LogP contribution >= 0.6 is 0 Å². The van der Waals surface area contributed by atoms with Gasteiger partial charge in [0.1, 0.15) is 5.82 Å². The number of nitrogens with one attached hydrogen (secondary N) is 1. The first kappa shape index (κ1) is 17.2. The number of halogens is 3. The van der Waals surface area contributed by atoms with Crippen LogP contribution in [0.1, 0.15) is 50.0 Å². The molecule has 4 nitrogen and oxygen atoms in total. The summed E-state index contributed by atoms with van der Waals surface area (Å²) >= 11 is 0. The molecule has 0 bridgehead atoms. The van der Waals surface area contributed by atoms with Crippen molar-refractivity contribution in [2.45, 2.75) is 50.4 Å². The average molecular weight is 341 g/mol. The predicted molar refractivity (Wildman–Crippen MR) is 85.6 cm³/mol. The molecule has 7 heteroatoms. The highest BCUT2D eigenvalue weighted by Crippen LogP contribution is 2.32. The molecule has 1 saturated carbocycles. The third-order valence-electron chi connectivity index (χ3n) is 4.90. The van der Waals surface area contributed by atoms with Crippen LogP contribution in [0.5, 0.6) is 0 Å². The summed E-state index contributed by atoms with van der Waals surface area (Å²) in [7, 11) is 1.79. The number of fused-ring (bicyclic) bond motifs is 1. The van der Waals surface area contributed by atoms with Crippen molar-refractivity contribution in [1.82, 2.24) is 14.9 Å². The summed E-state index contributed by atoms with van der Waals surface area (Å²) < 4.78 is 40.3. The van der Waals surface area contributed by atoms with E-state index in [2.05, 4.69) is 10.3 Å². The molecule has 2 aromatic rings. The second kappa shape index (κ2) is 6.04. The molecule has 1 heterocycles. The molecule has 0 saturated heterocycles. The normalized spacial score (nSPS) is 19.1. The fourth-order valence-corrected chi connectivity index (χ4v) is 3.43. The summed E-state index contributed by atoms with van der Waals surface area (Å²) in [5.41, 5.74) is -0.384. The maximum absolute atomic E-state index is 12.8. The molecule has 132 valence electrons. The summed E-state index contributed by atoms with van der Waals surface area (Å²) in [6.45, 7) is 2.37. The zero-order chi connectivity index (χ0) is 17.5. The minimum absolute atomic E-state index is 0.165. The lowest BCUT2D eigenvalue weighted by Gasteiger charge is -2.25. The second-order valence-electron chi connectivity index (χ2n) is 6.76. The zero-order valence-electron chi connectivity index (χ0n) is 13.8. The summed E-state index contributed by atoms with van der Waals surface area (Å²) in [6.07, 6.45) is -0.756. The topological polar surface area (TPSA) is 50.1 Å². The van der Waals surface area contributed by atoms with Crippen molar-refractivity contribution in [2.24, 2.45) is 7.05 Å². The number of aliphatic hydroxyl groups is 1.